The molecule has 0 atom stereocenters. The molecule has 0 fully saturated rings. The topological polar surface area (TPSA) is 83.8 Å². The number of imidazole rings is 1. The number of carbonyl (C=O) groups is 1. The minimum Gasteiger partial charge on any atom is -0.312 e. The van der Waals surface area contributed by atoms with Crippen LogP contribution in [-0.2, 0) is 21.2 Å². The number of halogens is 1. The molecule has 3 aromatic rings. The van der Waals surface area contributed by atoms with Crippen LogP contribution < -0.4 is 9.62 Å². The zero-order chi connectivity index (χ0) is 17.8. The van der Waals surface area contributed by atoms with E-state index in [1.807, 2.05) is 6.07 Å². The molecule has 0 aliphatic carbocycles. The number of benzene rings is 1. The summed E-state index contributed by atoms with van der Waals surface area (Å²) < 4.78 is 29.5. The molecular formula is C15H13ClN4O3S2. The normalized spacial score (nSPS) is 14.1. The first kappa shape index (κ1) is 16.4. The molecule has 25 heavy (non-hydrogen) atoms. The van der Waals surface area contributed by atoms with Crippen molar-refractivity contribution >= 4 is 55.2 Å². The van der Waals surface area contributed by atoms with Gasteiger partial charge >= 0.3 is 0 Å². The number of carbonyl (C=O) groups excluding carboxylic acids is 1. The third-order valence-corrected chi connectivity index (χ3v) is 6.58. The van der Waals surface area contributed by atoms with E-state index in [0.717, 1.165) is 17.7 Å². The average molecular weight is 397 g/mol. The number of nitrogens with zero attached hydrogens (tertiary/aromatic N) is 3. The van der Waals surface area contributed by atoms with Crippen LogP contribution in [0.15, 0.2) is 34.8 Å². The minimum absolute atomic E-state index is 0.0717. The van der Waals surface area contributed by atoms with Gasteiger partial charge in [0.15, 0.2) is 15.1 Å². The molecule has 130 valence electrons. The van der Waals surface area contributed by atoms with E-state index >= 15 is 0 Å². The molecule has 10 heteroatoms. The molecular weight excluding hydrogens is 384 g/mol. The first-order chi connectivity index (χ1) is 11.9. The Kier molecular flexibility index (Phi) is 3.75. The Hall–Kier alpha value is -2.10. The van der Waals surface area contributed by atoms with Crippen molar-refractivity contribution in [3.8, 4) is 0 Å². The van der Waals surface area contributed by atoms with Gasteiger partial charge < -0.3 is 4.90 Å². The Bertz CT molecular complexity index is 1100. The number of sulfonamides is 1. The number of aromatic nitrogens is 2. The summed E-state index contributed by atoms with van der Waals surface area (Å²) in [6.45, 7) is 2.09. The van der Waals surface area contributed by atoms with E-state index in [0.29, 0.717) is 17.2 Å². The number of hydrogen-bond acceptors (Lipinski definition) is 5. The van der Waals surface area contributed by atoms with Crippen molar-refractivity contribution in [2.45, 2.75) is 18.4 Å². The zero-order valence-corrected chi connectivity index (χ0v) is 15.5. The third-order valence-electron chi connectivity index (χ3n) is 4.05. The quantitative estimate of drug-likeness (QED) is 0.737. The molecule has 0 unspecified atom stereocenters. The van der Waals surface area contributed by atoms with Crippen molar-refractivity contribution in [1.82, 2.24) is 9.38 Å². The van der Waals surface area contributed by atoms with Crippen molar-refractivity contribution in [2.24, 2.45) is 0 Å². The predicted molar refractivity (Wildman–Crippen MR) is 97.1 cm³/mol. The van der Waals surface area contributed by atoms with E-state index < -0.39 is 10.0 Å². The van der Waals surface area contributed by atoms with E-state index in [4.69, 9.17) is 11.6 Å². The van der Waals surface area contributed by atoms with E-state index in [2.05, 4.69) is 9.71 Å². The molecule has 3 heterocycles. The van der Waals surface area contributed by atoms with Gasteiger partial charge in [0.25, 0.3) is 10.0 Å². The first-order valence-corrected chi connectivity index (χ1v) is 10.2. The van der Waals surface area contributed by atoms with Gasteiger partial charge in [0.05, 0.1) is 5.69 Å². The fourth-order valence-electron chi connectivity index (χ4n) is 2.95. The molecule has 1 amide bonds. The van der Waals surface area contributed by atoms with Crippen LogP contribution in [0.1, 0.15) is 12.5 Å². The fourth-order valence-corrected chi connectivity index (χ4v) is 5.46. The Balaban J connectivity index is 1.73. The maximum absolute atomic E-state index is 12.8. The van der Waals surface area contributed by atoms with Crippen LogP contribution in [0.2, 0.25) is 5.15 Å². The molecule has 1 aliphatic rings. The Labute approximate surface area is 152 Å². The van der Waals surface area contributed by atoms with Crippen molar-refractivity contribution in [1.29, 1.82) is 0 Å². The maximum atomic E-state index is 12.8. The molecule has 0 bridgehead atoms. The highest BCUT2D eigenvalue weighted by Crippen LogP contribution is 2.33. The highest BCUT2D eigenvalue weighted by atomic mass is 35.5. The number of fused-ring (bicyclic) bond motifs is 2. The summed E-state index contributed by atoms with van der Waals surface area (Å²) in [4.78, 5) is 17.9. The highest BCUT2D eigenvalue weighted by Gasteiger charge is 2.27. The molecule has 4 rings (SSSR count). The van der Waals surface area contributed by atoms with Gasteiger partial charge in [0.1, 0.15) is 0 Å². The standard InChI is InChI=1S/C15H13ClN4O3S2/c1-9(21)19-5-4-10-2-3-11(8-12(10)19)18-25(22,23)14-13(16)17-15-20(14)6-7-24-15/h2-3,6-8,18H,4-5H2,1H3. The van der Waals surface area contributed by atoms with Crippen molar-refractivity contribution < 1.29 is 13.2 Å². The van der Waals surface area contributed by atoms with Gasteiger partial charge in [-0.1, -0.05) is 17.7 Å². The lowest BCUT2D eigenvalue weighted by Crippen LogP contribution is -2.25. The average Bonchev–Trinajstić information content (AvgIpc) is 3.19. The van der Waals surface area contributed by atoms with Gasteiger partial charge in [-0.2, -0.15) is 8.42 Å². The smallest absolute Gasteiger partial charge is 0.281 e. The van der Waals surface area contributed by atoms with Crippen LogP contribution in [0.3, 0.4) is 0 Å². The second kappa shape index (κ2) is 5.72. The van der Waals surface area contributed by atoms with E-state index in [-0.39, 0.29) is 16.1 Å². The molecule has 0 saturated carbocycles. The third kappa shape index (κ3) is 2.68. The number of amides is 1. The van der Waals surface area contributed by atoms with Crippen LogP contribution in [0, 0.1) is 0 Å². The predicted octanol–water partition coefficient (Wildman–Crippen LogP) is 2.76. The number of hydrogen-bond donors (Lipinski definition) is 1. The summed E-state index contributed by atoms with van der Waals surface area (Å²) in [7, 11) is -3.93. The number of anilines is 2. The van der Waals surface area contributed by atoms with Crippen LogP contribution in [0.25, 0.3) is 4.96 Å². The van der Waals surface area contributed by atoms with Crippen LogP contribution >= 0.6 is 22.9 Å². The van der Waals surface area contributed by atoms with Crippen molar-refractivity contribution in [2.75, 3.05) is 16.2 Å². The summed E-state index contributed by atoms with van der Waals surface area (Å²) in [5.74, 6) is -0.0717. The Morgan fingerprint density at radius 1 is 1.40 bits per heavy atom. The van der Waals surface area contributed by atoms with E-state index in [1.54, 1.807) is 28.6 Å². The second-order valence-electron chi connectivity index (χ2n) is 5.63. The van der Waals surface area contributed by atoms with Crippen LogP contribution in [-0.4, -0.2) is 30.3 Å². The molecule has 0 saturated heterocycles. The molecule has 0 spiro atoms. The zero-order valence-electron chi connectivity index (χ0n) is 13.1. The largest absolute Gasteiger partial charge is 0.312 e. The number of rotatable bonds is 3. The molecule has 1 aliphatic heterocycles. The van der Waals surface area contributed by atoms with Gasteiger partial charge in [-0.25, -0.2) is 4.98 Å². The highest BCUT2D eigenvalue weighted by molar-refractivity contribution is 7.92. The minimum atomic E-state index is -3.93. The monoisotopic (exact) mass is 396 g/mol. The van der Waals surface area contributed by atoms with Gasteiger partial charge in [-0.05, 0) is 24.1 Å². The summed E-state index contributed by atoms with van der Waals surface area (Å²) >= 11 is 7.32. The van der Waals surface area contributed by atoms with Crippen molar-refractivity contribution in [3.05, 3.63) is 40.5 Å². The summed E-state index contributed by atoms with van der Waals surface area (Å²) in [6.07, 6.45) is 2.36. The van der Waals surface area contributed by atoms with Crippen LogP contribution in [0.5, 0.6) is 0 Å². The fraction of sp³-hybridized carbons (Fsp3) is 0.200. The first-order valence-electron chi connectivity index (χ1n) is 7.42. The molecule has 2 aromatic heterocycles. The lowest BCUT2D eigenvalue weighted by Gasteiger charge is -2.16. The Morgan fingerprint density at radius 3 is 2.96 bits per heavy atom. The molecule has 7 nitrogen and oxygen atoms in total. The van der Waals surface area contributed by atoms with E-state index in [9.17, 15) is 13.2 Å². The van der Waals surface area contributed by atoms with Gasteiger partial charge in [0, 0.05) is 30.7 Å². The summed E-state index contributed by atoms with van der Waals surface area (Å²) in [6, 6.07) is 5.18. The lowest BCUT2D eigenvalue weighted by molar-refractivity contribution is -0.116. The van der Waals surface area contributed by atoms with Gasteiger partial charge in [-0.15, -0.1) is 11.3 Å². The molecule has 1 N–H and O–H groups in total. The van der Waals surface area contributed by atoms with Crippen LogP contribution in [0.4, 0.5) is 11.4 Å². The lowest BCUT2D eigenvalue weighted by atomic mass is 10.1. The summed E-state index contributed by atoms with van der Waals surface area (Å²) in [5, 5.41) is 1.55. The maximum Gasteiger partial charge on any atom is 0.281 e. The Morgan fingerprint density at radius 2 is 2.20 bits per heavy atom. The van der Waals surface area contributed by atoms with Crippen molar-refractivity contribution in [3.63, 3.8) is 0 Å². The van der Waals surface area contributed by atoms with Gasteiger partial charge in [-0.3, -0.25) is 13.9 Å². The SMILES string of the molecule is CC(=O)N1CCc2ccc(NS(=O)(=O)c3c(Cl)nc4sccn34)cc21. The summed E-state index contributed by atoms with van der Waals surface area (Å²) in [5.41, 5.74) is 2.11. The molecule has 1 aromatic carbocycles. The number of thiazole rings is 1. The van der Waals surface area contributed by atoms with Gasteiger partial charge in [0.2, 0.25) is 5.91 Å². The number of nitrogens with one attached hydrogen (secondary N) is 1. The molecule has 0 radical (unpaired) electrons. The second-order valence-corrected chi connectivity index (χ2v) is 8.46. The van der Waals surface area contributed by atoms with E-state index in [1.165, 1.54) is 22.7 Å².